The number of hydrogen-bond donors (Lipinski definition) is 3. The van der Waals surface area contributed by atoms with E-state index in [1.165, 1.54) is 0 Å². The molecule has 3 N–H and O–H groups in total. The van der Waals surface area contributed by atoms with E-state index in [0.717, 1.165) is 12.8 Å². The van der Waals surface area contributed by atoms with Crippen LogP contribution in [-0.4, -0.2) is 42.3 Å². The van der Waals surface area contributed by atoms with Gasteiger partial charge < -0.3 is 15.2 Å². The van der Waals surface area contributed by atoms with Crippen molar-refractivity contribution in [2.45, 2.75) is 52.1 Å². The summed E-state index contributed by atoms with van der Waals surface area (Å²) in [7, 11) is 0. The van der Waals surface area contributed by atoms with E-state index in [1.807, 2.05) is 13.8 Å². The van der Waals surface area contributed by atoms with Crippen molar-refractivity contribution < 1.29 is 24.2 Å². The number of carbonyl (C=O) groups is 3. The molecule has 0 aliphatic rings. The molecule has 7 heteroatoms. The van der Waals surface area contributed by atoms with Crippen molar-refractivity contribution in [3.05, 3.63) is 0 Å². The number of imide groups is 1. The lowest BCUT2D eigenvalue weighted by atomic mass is 10.2. The van der Waals surface area contributed by atoms with Gasteiger partial charge in [-0.2, -0.15) is 0 Å². The minimum Gasteiger partial charge on any atom is -0.481 e. The minimum atomic E-state index is -0.953. The Labute approximate surface area is 119 Å². The number of nitrogens with one attached hydrogen (secondary N) is 2. The molecule has 0 bridgehead atoms. The smallest absolute Gasteiger partial charge is 0.321 e. The largest absolute Gasteiger partial charge is 0.481 e. The highest BCUT2D eigenvalue weighted by atomic mass is 16.5. The molecule has 0 aliphatic heterocycles. The van der Waals surface area contributed by atoms with Crippen LogP contribution in [0.4, 0.5) is 4.79 Å². The standard InChI is InChI=1S/C13H24N2O5/c1-10(2)20-9-4-3-8-14-13(19)15-11(16)6-5-7-12(17)18/h10H,3-9H2,1-2H3,(H,17,18)(H2,14,15,16,19). The van der Waals surface area contributed by atoms with Gasteiger partial charge in [0.1, 0.15) is 0 Å². The van der Waals surface area contributed by atoms with E-state index in [4.69, 9.17) is 9.84 Å². The third-order valence-electron chi connectivity index (χ3n) is 2.36. The third kappa shape index (κ3) is 12.8. The van der Waals surface area contributed by atoms with Gasteiger partial charge >= 0.3 is 12.0 Å². The summed E-state index contributed by atoms with van der Waals surface area (Å²) in [6, 6.07) is -0.546. The van der Waals surface area contributed by atoms with Gasteiger partial charge in [0.05, 0.1) is 6.10 Å². The highest BCUT2D eigenvalue weighted by Crippen LogP contribution is 1.95. The molecule has 0 aromatic heterocycles. The summed E-state index contributed by atoms with van der Waals surface area (Å²) in [5, 5.41) is 13.1. The lowest BCUT2D eigenvalue weighted by molar-refractivity contribution is -0.137. The predicted molar refractivity (Wildman–Crippen MR) is 73.4 cm³/mol. The molecule has 0 unspecified atom stereocenters. The molecule has 0 fully saturated rings. The van der Waals surface area contributed by atoms with Crippen LogP contribution in [0, 0.1) is 0 Å². The Morgan fingerprint density at radius 2 is 1.80 bits per heavy atom. The first kappa shape index (κ1) is 18.4. The number of amides is 3. The first-order valence-corrected chi connectivity index (χ1v) is 6.83. The normalized spacial score (nSPS) is 10.3. The summed E-state index contributed by atoms with van der Waals surface area (Å²) < 4.78 is 5.35. The fourth-order valence-corrected chi connectivity index (χ4v) is 1.38. The Hall–Kier alpha value is -1.63. The molecular weight excluding hydrogens is 264 g/mol. The zero-order chi connectivity index (χ0) is 15.4. The third-order valence-corrected chi connectivity index (χ3v) is 2.36. The monoisotopic (exact) mass is 288 g/mol. The highest BCUT2D eigenvalue weighted by molar-refractivity contribution is 5.94. The SMILES string of the molecule is CC(C)OCCCCNC(=O)NC(=O)CCCC(=O)O. The second kappa shape index (κ2) is 11.2. The van der Waals surface area contributed by atoms with Crippen LogP contribution in [0.1, 0.15) is 46.0 Å². The van der Waals surface area contributed by atoms with E-state index in [-0.39, 0.29) is 25.4 Å². The summed E-state index contributed by atoms with van der Waals surface area (Å²) >= 11 is 0. The van der Waals surface area contributed by atoms with Crippen molar-refractivity contribution >= 4 is 17.9 Å². The Bertz CT molecular complexity index is 318. The summed E-state index contributed by atoms with van der Waals surface area (Å²) in [4.78, 5) is 32.8. The Morgan fingerprint density at radius 3 is 2.40 bits per heavy atom. The molecule has 0 rings (SSSR count). The maximum absolute atomic E-state index is 11.3. The van der Waals surface area contributed by atoms with Gasteiger partial charge in [-0.05, 0) is 33.1 Å². The predicted octanol–water partition coefficient (Wildman–Crippen LogP) is 1.27. The van der Waals surface area contributed by atoms with Gasteiger partial charge in [-0.15, -0.1) is 0 Å². The number of carboxylic acids is 1. The van der Waals surface area contributed by atoms with Crippen LogP contribution in [0.2, 0.25) is 0 Å². The van der Waals surface area contributed by atoms with Crippen LogP contribution in [0.3, 0.4) is 0 Å². The Balaban J connectivity index is 3.48. The molecule has 0 radical (unpaired) electrons. The number of carboxylic acid groups (broad SMARTS) is 1. The summed E-state index contributed by atoms with van der Waals surface area (Å²) in [5.41, 5.74) is 0. The first-order chi connectivity index (χ1) is 9.41. The number of hydrogen-bond acceptors (Lipinski definition) is 4. The highest BCUT2D eigenvalue weighted by Gasteiger charge is 2.07. The van der Waals surface area contributed by atoms with Crippen LogP contribution < -0.4 is 10.6 Å². The molecule has 116 valence electrons. The summed E-state index contributed by atoms with van der Waals surface area (Å²) in [6.07, 6.45) is 1.99. The second-order valence-corrected chi connectivity index (χ2v) is 4.68. The van der Waals surface area contributed by atoms with Crippen molar-refractivity contribution in [3.63, 3.8) is 0 Å². The Kier molecular flexibility index (Phi) is 10.3. The molecule has 20 heavy (non-hydrogen) atoms. The number of aliphatic carboxylic acids is 1. The van der Waals surface area contributed by atoms with E-state index >= 15 is 0 Å². The fraction of sp³-hybridized carbons (Fsp3) is 0.769. The van der Waals surface area contributed by atoms with Crippen molar-refractivity contribution in [1.82, 2.24) is 10.6 Å². The van der Waals surface area contributed by atoms with Gasteiger partial charge in [-0.25, -0.2) is 4.79 Å². The van der Waals surface area contributed by atoms with Gasteiger partial charge in [0.15, 0.2) is 0 Å². The molecule has 0 aromatic carbocycles. The zero-order valence-electron chi connectivity index (χ0n) is 12.1. The fourth-order valence-electron chi connectivity index (χ4n) is 1.38. The van der Waals surface area contributed by atoms with E-state index in [2.05, 4.69) is 10.6 Å². The topological polar surface area (TPSA) is 105 Å². The lowest BCUT2D eigenvalue weighted by Crippen LogP contribution is -2.39. The van der Waals surface area contributed by atoms with Crippen molar-refractivity contribution in [3.8, 4) is 0 Å². The van der Waals surface area contributed by atoms with Crippen molar-refractivity contribution in [2.75, 3.05) is 13.2 Å². The minimum absolute atomic E-state index is 0.0297. The van der Waals surface area contributed by atoms with E-state index in [0.29, 0.717) is 13.2 Å². The van der Waals surface area contributed by atoms with Crippen LogP contribution >= 0.6 is 0 Å². The van der Waals surface area contributed by atoms with Gasteiger partial charge in [-0.3, -0.25) is 14.9 Å². The maximum Gasteiger partial charge on any atom is 0.321 e. The quantitative estimate of drug-likeness (QED) is 0.525. The maximum atomic E-state index is 11.3. The number of rotatable bonds is 10. The molecule has 0 atom stereocenters. The van der Waals surface area contributed by atoms with Crippen LogP contribution in [0.5, 0.6) is 0 Å². The second-order valence-electron chi connectivity index (χ2n) is 4.68. The van der Waals surface area contributed by atoms with Gasteiger partial charge in [0.2, 0.25) is 5.91 Å². The average molecular weight is 288 g/mol. The molecule has 0 heterocycles. The Morgan fingerprint density at radius 1 is 1.10 bits per heavy atom. The van der Waals surface area contributed by atoms with Crippen LogP contribution in [0.15, 0.2) is 0 Å². The molecule has 0 aromatic rings. The number of urea groups is 1. The van der Waals surface area contributed by atoms with E-state index in [1.54, 1.807) is 0 Å². The van der Waals surface area contributed by atoms with Crippen molar-refractivity contribution in [1.29, 1.82) is 0 Å². The number of unbranched alkanes of at least 4 members (excludes halogenated alkanes) is 1. The van der Waals surface area contributed by atoms with Crippen LogP contribution in [-0.2, 0) is 14.3 Å². The van der Waals surface area contributed by atoms with Crippen molar-refractivity contribution in [2.24, 2.45) is 0 Å². The molecule has 0 aliphatic carbocycles. The molecular formula is C13H24N2O5. The van der Waals surface area contributed by atoms with Crippen LogP contribution in [0.25, 0.3) is 0 Å². The van der Waals surface area contributed by atoms with Gasteiger partial charge in [-0.1, -0.05) is 0 Å². The summed E-state index contributed by atoms with van der Waals surface area (Å²) in [5.74, 6) is -1.42. The number of ether oxygens (including phenoxy) is 1. The van der Waals surface area contributed by atoms with E-state index in [9.17, 15) is 14.4 Å². The average Bonchev–Trinajstić information content (AvgIpc) is 2.32. The molecule has 0 saturated carbocycles. The van der Waals surface area contributed by atoms with E-state index < -0.39 is 17.9 Å². The number of carbonyl (C=O) groups excluding carboxylic acids is 2. The molecule has 0 saturated heterocycles. The first-order valence-electron chi connectivity index (χ1n) is 6.83. The van der Waals surface area contributed by atoms with Gasteiger partial charge in [0.25, 0.3) is 0 Å². The lowest BCUT2D eigenvalue weighted by Gasteiger charge is -2.08. The molecule has 3 amide bonds. The van der Waals surface area contributed by atoms with Gasteiger partial charge in [0, 0.05) is 26.0 Å². The molecule has 0 spiro atoms. The molecule has 7 nitrogen and oxygen atoms in total. The summed E-state index contributed by atoms with van der Waals surface area (Å²) in [6.45, 7) is 5.04. The zero-order valence-corrected chi connectivity index (χ0v) is 12.1.